The summed E-state index contributed by atoms with van der Waals surface area (Å²) in [7, 11) is -2.80. The number of ether oxygens (including phenoxy) is 8. The molecule has 109 heavy (non-hydrogen) atoms. The Labute approximate surface area is 681 Å². The molecule has 670 valence electrons. The predicted octanol–water partition coefficient (Wildman–Crippen LogP) is 20.5. The monoisotopic (exact) mass is 1620 g/mol. The van der Waals surface area contributed by atoms with E-state index in [1.807, 2.05) is 208 Å². The number of sulfone groups is 1. The van der Waals surface area contributed by atoms with Crippen LogP contribution in [-0.4, -0.2) is 214 Å². The summed E-state index contributed by atoms with van der Waals surface area (Å²) in [6.07, 6.45) is 20.3. The van der Waals surface area contributed by atoms with E-state index in [0.717, 1.165) is 42.5 Å². The van der Waals surface area contributed by atoms with Crippen molar-refractivity contribution in [3.8, 4) is 0 Å². The lowest BCUT2D eigenvalue weighted by Crippen LogP contribution is -2.16. The van der Waals surface area contributed by atoms with Crippen LogP contribution < -0.4 is 0 Å². The first-order valence-electron chi connectivity index (χ1n) is 42.5. The van der Waals surface area contributed by atoms with Gasteiger partial charge in [0.05, 0.1) is 67.8 Å². The normalized spacial score (nSPS) is 11.4. The van der Waals surface area contributed by atoms with Crippen molar-refractivity contribution >= 4 is 56.8 Å². The van der Waals surface area contributed by atoms with Gasteiger partial charge >= 0.3 is 0 Å². The Balaban J connectivity index is -0.0000000764. The summed E-state index contributed by atoms with van der Waals surface area (Å²) in [4.78, 5) is 64.5. The number of aldehydes is 1. The third kappa shape index (κ3) is 179. The number of Topliss-reactive ketones (excluding diaryl/α,β-unsaturated/α-hetero) is 5. The molecule has 4 N–H and O–H groups in total. The predicted molar refractivity (Wildman–Crippen MR) is 469 cm³/mol. The van der Waals surface area contributed by atoms with E-state index in [1.54, 1.807) is 0 Å². The summed E-state index contributed by atoms with van der Waals surface area (Å²) in [5.41, 5.74) is 0. The van der Waals surface area contributed by atoms with Crippen molar-refractivity contribution in [1.29, 1.82) is 0 Å². The molecule has 1 saturated carbocycles. The highest BCUT2D eigenvalue weighted by Crippen LogP contribution is 2.30. The van der Waals surface area contributed by atoms with Gasteiger partial charge in [0, 0.05) is 122 Å². The number of carbonyl (C=O) groups is 6. The largest absolute Gasteiger partial charge is 0.396 e. The molecule has 0 aromatic heterocycles. The molecule has 0 spiro atoms. The average molecular weight is 1620 g/mol. The topological polar surface area (TPSA) is 291 Å². The van der Waals surface area contributed by atoms with Gasteiger partial charge in [0.25, 0.3) is 0 Å². The van der Waals surface area contributed by atoms with Crippen LogP contribution in [-0.2, 0) is 76.5 Å². The summed E-state index contributed by atoms with van der Waals surface area (Å²) in [6.45, 7) is 74.3. The van der Waals surface area contributed by atoms with Gasteiger partial charge in [0.2, 0.25) is 0 Å². The lowest BCUT2D eigenvalue weighted by Gasteiger charge is -2.22. The quantitative estimate of drug-likeness (QED) is 0.0325. The Hall–Kier alpha value is -2.16. The highest BCUT2D eigenvalue weighted by atomic mass is 32.2. The zero-order valence-electron chi connectivity index (χ0n) is 78.3. The molecule has 0 aromatic rings. The molecular formula is C87H190O20S2. The molecule has 0 aromatic carbocycles. The van der Waals surface area contributed by atoms with Crippen molar-refractivity contribution in [2.24, 2.45) is 11.8 Å². The second-order valence-corrected chi connectivity index (χ2v) is 31.1. The van der Waals surface area contributed by atoms with E-state index in [-0.39, 0.29) is 104 Å². The number of hydrogen-bond acceptors (Lipinski definition) is 21. The first-order valence-corrected chi connectivity index (χ1v) is 45.5. The fraction of sp³-hybridized carbons (Fsp3) is 0.931. The fourth-order valence-electron chi connectivity index (χ4n) is 7.28. The van der Waals surface area contributed by atoms with Gasteiger partial charge in [-0.15, -0.1) is 0 Å². The van der Waals surface area contributed by atoms with Crippen LogP contribution in [0.15, 0.2) is 0 Å². The highest BCUT2D eigenvalue weighted by molar-refractivity contribution is 8.00. The van der Waals surface area contributed by atoms with Gasteiger partial charge in [-0.05, 0) is 187 Å². The minimum atomic E-state index is -2.80. The van der Waals surface area contributed by atoms with Crippen LogP contribution in [0.5, 0.6) is 0 Å². The molecule has 20 nitrogen and oxygen atoms in total. The van der Waals surface area contributed by atoms with E-state index >= 15 is 0 Å². The Morgan fingerprint density at radius 1 is 0.385 bits per heavy atom. The van der Waals surface area contributed by atoms with Crippen LogP contribution >= 0.6 is 11.8 Å². The molecule has 0 amide bonds. The Kier molecular flexibility index (Phi) is 149. The van der Waals surface area contributed by atoms with E-state index < -0.39 is 15.9 Å². The van der Waals surface area contributed by atoms with Crippen molar-refractivity contribution in [2.75, 3.05) is 84.7 Å². The summed E-state index contributed by atoms with van der Waals surface area (Å²) < 4.78 is 62.9. The fourth-order valence-corrected chi connectivity index (χ4v) is 9.30. The van der Waals surface area contributed by atoms with Gasteiger partial charge in [-0.1, -0.05) is 144 Å². The molecule has 1 fully saturated rings. The van der Waals surface area contributed by atoms with Gasteiger partial charge in [0.15, 0.2) is 11.6 Å². The smallest absolute Gasteiger partial charge is 0.161 e. The maximum Gasteiger partial charge on any atom is 0.161 e. The molecule has 0 radical (unpaired) electrons. The van der Waals surface area contributed by atoms with Crippen LogP contribution in [0, 0.1) is 11.8 Å². The van der Waals surface area contributed by atoms with Crippen LogP contribution in [0.4, 0.5) is 0 Å². The van der Waals surface area contributed by atoms with Gasteiger partial charge in [-0.25, -0.2) is 8.42 Å². The Morgan fingerprint density at radius 3 is 0.936 bits per heavy atom. The minimum Gasteiger partial charge on any atom is -0.396 e. The molecule has 1 aliphatic carbocycles. The van der Waals surface area contributed by atoms with Crippen molar-refractivity contribution < 1.29 is 95.5 Å². The van der Waals surface area contributed by atoms with Gasteiger partial charge < -0.3 is 63.1 Å². The second-order valence-electron chi connectivity index (χ2n) is 26.9. The highest BCUT2D eigenvalue weighted by Gasteiger charge is 2.15. The zero-order valence-corrected chi connectivity index (χ0v) is 80.0. The number of hydrogen-bond donors (Lipinski definition) is 4. The number of rotatable bonds is 47. The lowest BCUT2D eigenvalue weighted by molar-refractivity contribution is -0.126. The molecule has 0 aliphatic heterocycles. The van der Waals surface area contributed by atoms with E-state index in [0.29, 0.717) is 135 Å². The Bertz CT molecular complexity index is 1770. The first-order chi connectivity index (χ1) is 51.2. The lowest BCUT2D eigenvalue weighted by atomic mass is 10.0. The number of thioether (sulfide) groups is 1. The van der Waals surface area contributed by atoms with Gasteiger partial charge in [-0.2, -0.15) is 11.8 Å². The Morgan fingerprint density at radius 2 is 0.679 bits per heavy atom. The first kappa shape index (κ1) is 139. The van der Waals surface area contributed by atoms with Crippen LogP contribution in [0.25, 0.3) is 0 Å². The van der Waals surface area contributed by atoms with E-state index in [2.05, 4.69) is 39.5 Å². The number of aliphatic hydroxyl groups is 4. The maximum atomic E-state index is 11.2. The van der Waals surface area contributed by atoms with E-state index in [4.69, 9.17) is 58.3 Å². The minimum absolute atomic E-state index is 0.0378. The van der Waals surface area contributed by atoms with Crippen LogP contribution in [0.1, 0.15) is 371 Å². The molecular weight excluding hydrogens is 1430 g/mol. The van der Waals surface area contributed by atoms with Crippen molar-refractivity contribution in [3.05, 3.63) is 0 Å². The summed E-state index contributed by atoms with van der Waals surface area (Å²) in [5, 5.41) is 35.6. The maximum absolute atomic E-state index is 11.2. The van der Waals surface area contributed by atoms with Crippen LogP contribution in [0.3, 0.4) is 0 Å². The van der Waals surface area contributed by atoms with Crippen molar-refractivity contribution in [2.45, 2.75) is 436 Å². The third-order valence-corrected chi connectivity index (χ3v) is 14.5. The van der Waals surface area contributed by atoms with Crippen molar-refractivity contribution in [3.63, 3.8) is 0 Å². The standard InChI is InChI=1S/C11H22O2.C10H20O2.2C9H18O3.C9H18S.C8H16O3.C7H16O3S.C7H14O2.C5H12O2.6C2H6/c1-9(2)8-11(12)6-5-7-13-10(3)4;1-8(2)10(11)6-5-7-12-9(3)4;1-7(2)12-6-4-5-9(11)8(3)10;1-8(2)12-7-3-4-9(11)5-6-10;1-8(2)10-9-6-4-3-5-7-9;1-7(2)11-5-3-4-8(10)6-9;1-7(2)10-5-4-6-11(3,8)9;1-7(2)9-6-4-3-5-8;1-5(2)7-4-3-6;6*1-2/h9-10H,5-8H2,1-4H3;8-9H,5-7H2,1-4H3;7-8,10H,4-6H2,1-3H3;8,10H,3-7H2,1-2H3;8-9H,3-7H2,1-2H3;7,9H,3-6H2,1-2H3;7H,4-6H2,1-3H3;5,7H,3-4,6H2,1-2H3;5-6H,3-4H2,1-2H3;6*1-2H3/t;;8-;;;;;;;;;;;;/m..0............/s1. The average Bonchev–Trinajstić information content (AvgIpc) is 0.934. The molecule has 22 heteroatoms. The number of aliphatic hydroxyl groups excluding tert-OH is 4. The molecule has 1 aliphatic rings. The van der Waals surface area contributed by atoms with Crippen LogP contribution in [0.2, 0.25) is 0 Å². The summed E-state index contributed by atoms with van der Waals surface area (Å²) >= 11 is 2.18. The zero-order chi connectivity index (χ0) is 88.6. The molecule has 0 heterocycles. The molecule has 1 atom stereocenters. The number of carbonyl (C=O) groups excluding carboxylic acids is 6. The summed E-state index contributed by atoms with van der Waals surface area (Å²) in [6, 6.07) is 0. The SMILES string of the molecule is CC.CC.CC.CC.CC.CC.CC(C)CC(=O)CCCOC(C)C.CC(C)OCCCC(=O)C(C)C.CC(C)OCCCC(=O)CCO.CC(C)OCCCC(=O)CO.CC(C)OCCCC(=O)[C@H](C)O.CC(C)OCCCC=O.CC(C)OCCCS(C)(=O)=O.CC(C)OCCO.CC(C)SC1CCCCC1. The van der Waals surface area contributed by atoms with E-state index in [9.17, 15) is 37.2 Å². The number of unbranched alkanes of at least 4 members (excludes halogenated alkanes) is 1. The second kappa shape index (κ2) is 117. The van der Waals surface area contributed by atoms with Crippen molar-refractivity contribution in [1.82, 2.24) is 0 Å². The molecule has 0 bridgehead atoms. The third-order valence-electron chi connectivity index (χ3n) is 12.1. The van der Waals surface area contributed by atoms with Gasteiger partial charge in [-0.3, -0.25) is 24.0 Å². The summed E-state index contributed by atoms with van der Waals surface area (Å²) in [5.74, 6) is 1.47. The molecule has 0 saturated heterocycles. The van der Waals surface area contributed by atoms with Gasteiger partial charge in [0.1, 0.15) is 46.2 Å². The molecule has 0 unspecified atom stereocenters. The van der Waals surface area contributed by atoms with E-state index in [1.165, 1.54) is 45.3 Å². The molecule has 1 rings (SSSR count). The number of ketones is 5.